The normalized spacial score (nSPS) is 16.8. The number of carbonyl (C=O) groups is 3. The molecule has 0 bridgehead atoms. The number of pyridine rings is 1. The van der Waals surface area contributed by atoms with Gasteiger partial charge in [-0.25, -0.2) is 13.9 Å². The van der Waals surface area contributed by atoms with Gasteiger partial charge in [0, 0.05) is 59.2 Å². The zero-order chi connectivity index (χ0) is 32.0. The van der Waals surface area contributed by atoms with Crippen LogP contribution in [0.15, 0.2) is 61.1 Å². The average Bonchev–Trinajstić information content (AvgIpc) is 3.65. The number of Topliss-reactive ketones (excluding diaryl/α,β-unsaturated/α-hetero) is 1. The number of benzene rings is 1. The van der Waals surface area contributed by atoms with Crippen LogP contribution in [-0.4, -0.2) is 71.8 Å². The van der Waals surface area contributed by atoms with Crippen molar-refractivity contribution in [3.63, 3.8) is 0 Å². The number of alkyl halides is 4. The number of nitrogens with one attached hydrogen (secondary N) is 1. The van der Waals surface area contributed by atoms with E-state index in [-0.39, 0.29) is 31.1 Å². The Labute approximate surface area is 252 Å². The Balaban J connectivity index is 1.24. The van der Waals surface area contributed by atoms with Crippen LogP contribution >= 0.6 is 0 Å². The van der Waals surface area contributed by atoms with Crippen molar-refractivity contribution in [2.45, 2.75) is 45.4 Å². The van der Waals surface area contributed by atoms with Gasteiger partial charge >= 0.3 is 6.36 Å². The van der Waals surface area contributed by atoms with Crippen molar-refractivity contribution in [2.24, 2.45) is 0 Å². The summed E-state index contributed by atoms with van der Waals surface area (Å²) in [5.41, 5.74) is 3.98. The number of ether oxygens (including phenoxy) is 1. The lowest BCUT2D eigenvalue weighted by atomic mass is 10.0. The summed E-state index contributed by atoms with van der Waals surface area (Å²) >= 11 is 0. The van der Waals surface area contributed by atoms with Gasteiger partial charge in [-0.05, 0) is 37.6 Å². The second-order valence-corrected chi connectivity index (χ2v) is 10.7. The Morgan fingerprint density at radius 2 is 1.89 bits per heavy atom. The summed E-state index contributed by atoms with van der Waals surface area (Å²) in [4.78, 5) is 48.2. The van der Waals surface area contributed by atoms with Gasteiger partial charge in [-0.1, -0.05) is 12.1 Å². The van der Waals surface area contributed by atoms with E-state index in [1.165, 1.54) is 19.1 Å². The van der Waals surface area contributed by atoms with E-state index >= 15 is 0 Å². The van der Waals surface area contributed by atoms with Crippen molar-refractivity contribution in [3.05, 3.63) is 72.3 Å². The summed E-state index contributed by atoms with van der Waals surface area (Å²) in [5.74, 6) is -2.68. The minimum Gasteiger partial charge on any atom is -0.388 e. The van der Waals surface area contributed by atoms with Crippen molar-refractivity contribution in [1.29, 1.82) is 0 Å². The first kappa shape index (κ1) is 29.7. The van der Waals surface area contributed by atoms with Crippen LogP contribution in [0, 0.1) is 6.92 Å². The van der Waals surface area contributed by atoms with Crippen molar-refractivity contribution < 1.29 is 36.7 Å². The zero-order valence-electron chi connectivity index (χ0n) is 23.9. The second-order valence-electron chi connectivity index (χ2n) is 10.7. The van der Waals surface area contributed by atoms with Crippen LogP contribution in [0.1, 0.15) is 29.4 Å². The third-order valence-corrected chi connectivity index (χ3v) is 7.40. The van der Waals surface area contributed by atoms with Gasteiger partial charge in [0.25, 0.3) is 0 Å². The van der Waals surface area contributed by atoms with E-state index < -0.39 is 36.3 Å². The minimum atomic E-state index is -4.98. The highest BCUT2D eigenvalue weighted by Gasteiger charge is 2.40. The van der Waals surface area contributed by atoms with Crippen molar-refractivity contribution >= 4 is 40.0 Å². The number of carbonyl (C=O) groups excluding carboxylic acids is 3. The number of ketones is 1. The minimum absolute atomic E-state index is 0.230. The highest BCUT2D eigenvalue weighted by molar-refractivity contribution is 6.08. The molecule has 0 saturated carbocycles. The predicted molar refractivity (Wildman–Crippen MR) is 153 cm³/mol. The van der Waals surface area contributed by atoms with Crippen molar-refractivity contribution in [1.82, 2.24) is 29.0 Å². The maximum Gasteiger partial charge on any atom is 0.574 e. The Bertz CT molecular complexity index is 1970. The van der Waals surface area contributed by atoms with E-state index in [0.717, 1.165) is 27.8 Å². The molecular weight excluding hydrogens is 598 g/mol. The molecule has 5 aromatic rings. The fourth-order valence-electron chi connectivity index (χ4n) is 5.45. The molecule has 0 unspecified atom stereocenters. The predicted octanol–water partition coefficient (Wildman–Crippen LogP) is 4.73. The fraction of sp³-hybridized carbons (Fsp3) is 0.267. The molecule has 5 heterocycles. The van der Waals surface area contributed by atoms with Gasteiger partial charge in [0.15, 0.2) is 11.4 Å². The van der Waals surface area contributed by atoms with Gasteiger partial charge in [-0.2, -0.15) is 10.1 Å². The van der Waals surface area contributed by atoms with Gasteiger partial charge in [0.2, 0.25) is 17.7 Å². The summed E-state index contributed by atoms with van der Waals surface area (Å²) in [6.45, 7) is 2.62. The van der Waals surface area contributed by atoms with Gasteiger partial charge in [-0.15, -0.1) is 13.2 Å². The van der Waals surface area contributed by atoms with Crippen LogP contribution in [0.2, 0.25) is 0 Å². The number of fused-ring (bicyclic) bond motifs is 2. The number of nitrogens with zero attached hydrogens (tertiary/aromatic N) is 6. The molecule has 4 aromatic heterocycles. The first-order valence-corrected chi connectivity index (χ1v) is 13.8. The number of amides is 2. The van der Waals surface area contributed by atoms with Gasteiger partial charge in [0.1, 0.15) is 24.6 Å². The Kier molecular flexibility index (Phi) is 7.46. The standard InChI is InChI=1S/C30H25F4N7O4/c1-16-8-26-35-11-19(12-41(26)38-16)18-6-7-23-21(9-18)22(17(2)42)14-39(23)15-28(43)40-13-20(31)10-24(40)29(44)37-25-4-3-5-27(36-25)45-30(32,33)34/h3-9,11-12,14,20,24H,10,13,15H2,1-2H3,(H,36,37,44)/t20-,24+/m1/s1. The molecule has 1 aliphatic rings. The molecule has 1 N–H and O–H groups in total. The lowest BCUT2D eigenvalue weighted by Gasteiger charge is -2.24. The Hall–Kier alpha value is -5.34. The Morgan fingerprint density at radius 3 is 2.64 bits per heavy atom. The number of likely N-dealkylation sites (tertiary alicyclic amines) is 1. The monoisotopic (exact) mass is 623 g/mol. The highest BCUT2D eigenvalue weighted by Crippen LogP contribution is 2.30. The van der Waals surface area contributed by atoms with Crippen molar-refractivity contribution in [3.8, 4) is 17.0 Å². The first-order valence-electron chi connectivity index (χ1n) is 13.8. The number of aromatic nitrogens is 5. The topological polar surface area (TPSA) is 124 Å². The molecule has 15 heteroatoms. The molecule has 1 saturated heterocycles. The second kappa shape index (κ2) is 11.3. The number of aryl methyl sites for hydroxylation is 1. The van der Waals surface area contributed by atoms with Crippen LogP contribution < -0.4 is 10.1 Å². The first-order chi connectivity index (χ1) is 21.3. The molecule has 0 aliphatic carbocycles. The van der Waals surface area contributed by atoms with Gasteiger partial charge < -0.3 is 19.5 Å². The third kappa shape index (κ3) is 6.18. The smallest absolute Gasteiger partial charge is 0.388 e. The quantitative estimate of drug-likeness (QED) is 0.205. The van der Waals surface area contributed by atoms with Crippen LogP contribution in [0.4, 0.5) is 23.4 Å². The number of hydrogen-bond acceptors (Lipinski definition) is 7. The number of anilines is 1. The highest BCUT2D eigenvalue weighted by atomic mass is 19.4. The zero-order valence-corrected chi connectivity index (χ0v) is 23.9. The maximum absolute atomic E-state index is 14.5. The molecule has 1 fully saturated rings. The van der Waals surface area contributed by atoms with E-state index in [4.69, 9.17) is 0 Å². The molecule has 6 rings (SSSR count). The van der Waals surface area contributed by atoms with E-state index in [1.54, 1.807) is 27.5 Å². The summed E-state index contributed by atoms with van der Waals surface area (Å²) < 4.78 is 59.3. The van der Waals surface area contributed by atoms with E-state index in [0.29, 0.717) is 22.1 Å². The van der Waals surface area contributed by atoms with E-state index in [1.807, 2.05) is 31.3 Å². The molecule has 0 radical (unpaired) electrons. The number of hydrogen-bond donors (Lipinski definition) is 1. The van der Waals surface area contributed by atoms with Crippen LogP contribution in [0.25, 0.3) is 27.7 Å². The maximum atomic E-state index is 14.5. The number of rotatable bonds is 7. The fourth-order valence-corrected chi connectivity index (χ4v) is 5.45. The van der Waals surface area contributed by atoms with Crippen LogP contribution in [0.3, 0.4) is 0 Å². The molecule has 2 atom stereocenters. The molecule has 2 amide bonds. The molecule has 1 aromatic carbocycles. The third-order valence-electron chi connectivity index (χ3n) is 7.40. The summed E-state index contributed by atoms with van der Waals surface area (Å²) in [6, 6.07) is 9.40. The molecule has 0 spiro atoms. The number of halogens is 4. The molecular formula is C30H25F4N7O4. The lowest BCUT2D eigenvalue weighted by molar-refractivity contribution is -0.276. The van der Waals surface area contributed by atoms with Crippen LogP contribution in [-0.2, 0) is 16.1 Å². The van der Waals surface area contributed by atoms with E-state index in [9.17, 15) is 31.9 Å². The van der Waals surface area contributed by atoms with Crippen molar-refractivity contribution in [2.75, 3.05) is 11.9 Å². The SMILES string of the molecule is CC(=O)c1cn(CC(=O)N2C[C@H](F)C[C@H]2C(=O)Nc2cccc(OC(F)(F)F)n2)c2ccc(-c3cnc4cc(C)nn4c3)cc12. The van der Waals surface area contributed by atoms with Gasteiger partial charge in [0.05, 0.1) is 12.2 Å². The summed E-state index contributed by atoms with van der Waals surface area (Å²) in [7, 11) is 0. The summed E-state index contributed by atoms with van der Waals surface area (Å²) in [5, 5.41) is 7.33. The van der Waals surface area contributed by atoms with Gasteiger partial charge in [-0.3, -0.25) is 14.4 Å². The van der Waals surface area contributed by atoms with Crippen LogP contribution in [0.5, 0.6) is 5.88 Å². The Morgan fingerprint density at radius 1 is 1.09 bits per heavy atom. The average molecular weight is 624 g/mol. The largest absolute Gasteiger partial charge is 0.574 e. The molecule has 232 valence electrons. The molecule has 1 aliphatic heterocycles. The lowest BCUT2D eigenvalue weighted by Crippen LogP contribution is -2.44. The summed E-state index contributed by atoms with van der Waals surface area (Å²) in [6.07, 6.45) is -1.72. The molecule has 45 heavy (non-hydrogen) atoms. The molecule has 11 nitrogen and oxygen atoms in total. The van der Waals surface area contributed by atoms with E-state index in [2.05, 4.69) is 25.1 Å².